The molecule has 1 aromatic heterocycles. The smallest absolute Gasteiger partial charge is 0.341 e. The summed E-state index contributed by atoms with van der Waals surface area (Å²) in [6.07, 6.45) is 5.97. The van der Waals surface area contributed by atoms with Crippen molar-refractivity contribution in [2.75, 3.05) is 26.8 Å². The van der Waals surface area contributed by atoms with Gasteiger partial charge < -0.3 is 14.6 Å². The van der Waals surface area contributed by atoms with Crippen molar-refractivity contribution in [1.29, 1.82) is 0 Å². The summed E-state index contributed by atoms with van der Waals surface area (Å²) in [6, 6.07) is 9.75. The van der Waals surface area contributed by atoms with Crippen molar-refractivity contribution < 1.29 is 19.4 Å². The van der Waals surface area contributed by atoms with Gasteiger partial charge in [-0.3, -0.25) is 9.88 Å². The molecule has 6 nitrogen and oxygen atoms in total. The number of ether oxygens (including phenoxy) is 2. The second-order valence-corrected chi connectivity index (χ2v) is 6.48. The van der Waals surface area contributed by atoms with E-state index in [9.17, 15) is 4.79 Å². The Balaban J connectivity index is 1.84. The van der Waals surface area contributed by atoms with Crippen LogP contribution in [0.5, 0.6) is 5.75 Å². The van der Waals surface area contributed by atoms with Crippen LogP contribution in [0, 0.1) is 0 Å². The van der Waals surface area contributed by atoms with Crippen LogP contribution in [0.25, 0.3) is 11.1 Å². The first-order chi connectivity index (χ1) is 12.7. The second-order valence-electron chi connectivity index (χ2n) is 6.48. The Bertz CT molecular complexity index is 736. The highest BCUT2D eigenvalue weighted by molar-refractivity contribution is 5.69. The Labute approximate surface area is 153 Å². The maximum Gasteiger partial charge on any atom is 0.341 e. The summed E-state index contributed by atoms with van der Waals surface area (Å²) in [6.45, 7) is 2.21. The Morgan fingerprint density at radius 2 is 2.23 bits per heavy atom. The third kappa shape index (κ3) is 4.80. The van der Waals surface area contributed by atoms with Crippen molar-refractivity contribution in [2.24, 2.45) is 0 Å². The molecule has 3 rings (SSSR count). The van der Waals surface area contributed by atoms with Crippen molar-refractivity contribution in [1.82, 2.24) is 9.88 Å². The van der Waals surface area contributed by atoms with Crippen molar-refractivity contribution in [3.8, 4) is 16.9 Å². The first kappa shape index (κ1) is 18.4. The van der Waals surface area contributed by atoms with E-state index in [4.69, 9.17) is 14.6 Å². The highest BCUT2D eigenvalue weighted by Gasteiger charge is 2.21. The summed E-state index contributed by atoms with van der Waals surface area (Å²) in [5, 5.41) is 8.93. The number of carboxylic acid groups (broad SMARTS) is 1. The average molecular weight is 356 g/mol. The molecule has 0 saturated carbocycles. The Hall–Kier alpha value is -2.44. The van der Waals surface area contributed by atoms with E-state index in [0.29, 0.717) is 12.3 Å². The molecule has 1 fully saturated rings. The minimum absolute atomic E-state index is 0.244. The van der Waals surface area contributed by atoms with Gasteiger partial charge in [-0.2, -0.15) is 0 Å². The highest BCUT2D eigenvalue weighted by atomic mass is 16.5. The van der Waals surface area contributed by atoms with E-state index in [1.165, 1.54) is 0 Å². The number of piperidine rings is 1. The van der Waals surface area contributed by atoms with Crippen LogP contribution in [0.1, 0.15) is 18.4 Å². The van der Waals surface area contributed by atoms with E-state index in [1.54, 1.807) is 13.3 Å². The van der Waals surface area contributed by atoms with Crippen LogP contribution < -0.4 is 4.74 Å². The van der Waals surface area contributed by atoms with Crippen LogP contribution in [-0.2, 0) is 16.1 Å². The monoisotopic (exact) mass is 356 g/mol. The lowest BCUT2D eigenvalue weighted by atomic mass is 10.0. The van der Waals surface area contributed by atoms with Crippen LogP contribution >= 0.6 is 0 Å². The lowest BCUT2D eigenvalue weighted by molar-refractivity contribution is -0.139. The molecule has 26 heavy (non-hydrogen) atoms. The molecule has 1 saturated heterocycles. The SMILES string of the molecule is CO[C@H]1CCCN(Cc2cc(-c3cccnc3)ccc2OCC(=O)O)C1. The number of aromatic nitrogens is 1. The number of carboxylic acids is 1. The predicted molar refractivity (Wildman–Crippen MR) is 98.1 cm³/mol. The number of nitrogens with zero attached hydrogens (tertiary/aromatic N) is 2. The lowest BCUT2D eigenvalue weighted by Crippen LogP contribution is -2.38. The molecule has 1 atom stereocenters. The van der Waals surface area contributed by atoms with Crippen molar-refractivity contribution >= 4 is 5.97 Å². The van der Waals surface area contributed by atoms with Gasteiger partial charge in [-0.15, -0.1) is 0 Å². The summed E-state index contributed by atoms with van der Waals surface area (Å²) in [7, 11) is 1.75. The largest absolute Gasteiger partial charge is 0.482 e. The third-order valence-corrected chi connectivity index (χ3v) is 4.60. The molecule has 2 heterocycles. The molecule has 1 aromatic carbocycles. The van der Waals surface area contributed by atoms with Crippen molar-refractivity contribution in [2.45, 2.75) is 25.5 Å². The molecule has 1 aliphatic rings. The zero-order chi connectivity index (χ0) is 18.4. The van der Waals surface area contributed by atoms with Gasteiger partial charge in [-0.25, -0.2) is 4.79 Å². The highest BCUT2D eigenvalue weighted by Crippen LogP contribution is 2.28. The van der Waals surface area contributed by atoms with Gasteiger partial charge in [0.25, 0.3) is 0 Å². The zero-order valence-electron chi connectivity index (χ0n) is 14.9. The molecule has 1 N–H and O–H groups in total. The Kier molecular flexibility index (Phi) is 6.20. The van der Waals surface area contributed by atoms with E-state index in [1.807, 2.05) is 30.5 Å². The molecule has 0 amide bonds. The minimum atomic E-state index is -0.982. The van der Waals surface area contributed by atoms with Crippen molar-refractivity contribution in [3.63, 3.8) is 0 Å². The molecule has 0 bridgehead atoms. The number of hydrogen-bond acceptors (Lipinski definition) is 5. The maximum atomic E-state index is 10.9. The molecule has 0 radical (unpaired) electrons. The molecular weight excluding hydrogens is 332 g/mol. The summed E-state index contributed by atoms with van der Waals surface area (Å²) in [4.78, 5) is 17.4. The second kappa shape index (κ2) is 8.78. The number of benzene rings is 1. The van der Waals surface area contributed by atoms with E-state index in [0.717, 1.165) is 42.6 Å². The number of likely N-dealkylation sites (tertiary alicyclic amines) is 1. The maximum absolute atomic E-state index is 10.9. The Morgan fingerprint density at radius 3 is 2.96 bits per heavy atom. The predicted octanol–water partition coefficient (Wildman–Crippen LogP) is 2.82. The minimum Gasteiger partial charge on any atom is -0.482 e. The number of pyridine rings is 1. The Morgan fingerprint density at radius 1 is 1.35 bits per heavy atom. The number of methoxy groups -OCH3 is 1. The fraction of sp³-hybridized carbons (Fsp3) is 0.400. The van der Waals surface area contributed by atoms with Crippen LogP contribution in [0.3, 0.4) is 0 Å². The topological polar surface area (TPSA) is 71.9 Å². The fourth-order valence-electron chi connectivity index (χ4n) is 3.29. The number of hydrogen-bond donors (Lipinski definition) is 1. The number of aliphatic carboxylic acids is 1. The van der Waals surface area contributed by atoms with Crippen LogP contribution in [0.15, 0.2) is 42.7 Å². The van der Waals surface area contributed by atoms with Gasteiger partial charge in [0.05, 0.1) is 6.10 Å². The first-order valence-electron chi connectivity index (χ1n) is 8.79. The van der Waals surface area contributed by atoms with Crippen LogP contribution in [-0.4, -0.2) is 53.9 Å². The fourth-order valence-corrected chi connectivity index (χ4v) is 3.29. The summed E-state index contributed by atoms with van der Waals surface area (Å²) in [5.74, 6) is -0.371. The summed E-state index contributed by atoms with van der Waals surface area (Å²) in [5.41, 5.74) is 3.03. The first-order valence-corrected chi connectivity index (χ1v) is 8.79. The molecule has 6 heteroatoms. The van der Waals surface area contributed by atoms with Crippen LogP contribution in [0.4, 0.5) is 0 Å². The molecule has 0 aliphatic carbocycles. The van der Waals surface area contributed by atoms with Gasteiger partial charge in [0.15, 0.2) is 6.61 Å². The summed E-state index contributed by atoms with van der Waals surface area (Å²) >= 11 is 0. The van der Waals surface area contributed by atoms with Crippen LogP contribution in [0.2, 0.25) is 0 Å². The third-order valence-electron chi connectivity index (χ3n) is 4.60. The molecule has 0 spiro atoms. The van der Waals surface area contributed by atoms with Gasteiger partial charge >= 0.3 is 5.97 Å². The molecule has 0 unspecified atom stereocenters. The lowest BCUT2D eigenvalue weighted by Gasteiger charge is -2.32. The van der Waals surface area contributed by atoms with Crippen molar-refractivity contribution in [3.05, 3.63) is 48.3 Å². The summed E-state index contributed by atoms with van der Waals surface area (Å²) < 4.78 is 11.0. The molecule has 2 aromatic rings. The molecule has 138 valence electrons. The quantitative estimate of drug-likeness (QED) is 0.822. The van der Waals surface area contributed by atoms with E-state index in [-0.39, 0.29) is 12.7 Å². The van der Waals surface area contributed by atoms with E-state index < -0.39 is 5.97 Å². The van der Waals surface area contributed by atoms with Gasteiger partial charge in [0, 0.05) is 43.7 Å². The zero-order valence-corrected chi connectivity index (χ0v) is 14.9. The van der Waals surface area contributed by atoms with Gasteiger partial charge in [-0.1, -0.05) is 12.1 Å². The number of carbonyl (C=O) groups is 1. The average Bonchev–Trinajstić information content (AvgIpc) is 2.67. The normalized spacial score (nSPS) is 17.8. The van der Waals surface area contributed by atoms with E-state index >= 15 is 0 Å². The standard InChI is InChI=1S/C20H24N2O4/c1-25-18-5-3-9-22(13-18)12-17-10-15(16-4-2-8-21-11-16)6-7-19(17)26-14-20(23)24/h2,4,6-8,10-11,18H,3,5,9,12-14H2,1H3,(H,23,24)/t18-/m0/s1. The van der Waals surface area contributed by atoms with Gasteiger partial charge in [0.2, 0.25) is 0 Å². The molecular formula is C20H24N2O4. The number of rotatable bonds is 7. The van der Waals surface area contributed by atoms with Gasteiger partial charge in [0.1, 0.15) is 5.75 Å². The van der Waals surface area contributed by atoms with Gasteiger partial charge in [-0.05, 0) is 43.1 Å². The van der Waals surface area contributed by atoms with E-state index in [2.05, 4.69) is 16.0 Å². The molecule has 1 aliphatic heterocycles.